The number of allylic oxidation sites excluding steroid dienone is 1. The summed E-state index contributed by atoms with van der Waals surface area (Å²) in [5, 5.41) is 38.8. The zero-order valence-electron chi connectivity index (χ0n) is 14.2. The number of aliphatic hydroxyl groups excluding tert-OH is 4. The lowest BCUT2D eigenvalue weighted by atomic mass is 9.97. The monoisotopic (exact) mass is 332 g/mol. The van der Waals surface area contributed by atoms with E-state index in [1.54, 1.807) is 0 Å². The lowest BCUT2D eigenvalue weighted by Gasteiger charge is -2.41. The molecule has 23 heavy (non-hydrogen) atoms. The lowest BCUT2D eigenvalue weighted by molar-refractivity contribution is -0.314. The molecule has 1 aliphatic heterocycles. The summed E-state index contributed by atoms with van der Waals surface area (Å²) in [5.41, 5.74) is 0. The van der Waals surface area contributed by atoms with Gasteiger partial charge in [0.15, 0.2) is 6.29 Å². The second-order valence-electron chi connectivity index (χ2n) is 6.54. The number of unbranched alkanes of at least 4 members (excludes halogenated alkanes) is 3. The molecule has 4 N–H and O–H groups in total. The van der Waals surface area contributed by atoms with Gasteiger partial charge in [-0.2, -0.15) is 0 Å². The lowest BCUT2D eigenvalue weighted by Crippen LogP contribution is -2.59. The van der Waals surface area contributed by atoms with Gasteiger partial charge in [0.05, 0.1) is 12.7 Å². The van der Waals surface area contributed by atoms with Crippen molar-refractivity contribution in [1.82, 2.24) is 0 Å². The second-order valence-corrected chi connectivity index (χ2v) is 6.54. The Kier molecular flexibility index (Phi) is 9.27. The van der Waals surface area contributed by atoms with E-state index < -0.39 is 37.3 Å². The van der Waals surface area contributed by atoms with Crippen molar-refractivity contribution in [2.24, 2.45) is 5.92 Å². The predicted octanol–water partition coefficient (Wildman–Crippen LogP) is 0.964. The van der Waals surface area contributed by atoms with Crippen LogP contribution >= 0.6 is 0 Å². The smallest absolute Gasteiger partial charge is 0.186 e. The Morgan fingerprint density at radius 1 is 1.09 bits per heavy atom. The molecule has 136 valence electrons. The molecule has 1 saturated heterocycles. The Balaban J connectivity index is 2.55. The van der Waals surface area contributed by atoms with Crippen LogP contribution in [-0.2, 0) is 9.47 Å². The molecule has 0 aromatic carbocycles. The fourth-order valence-corrected chi connectivity index (χ4v) is 2.72. The molecule has 6 heteroatoms. The van der Waals surface area contributed by atoms with E-state index in [0.29, 0.717) is 0 Å². The van der Waals surface area contributed by atoms with Crippen molar-refractivity contribution < 1.29 is 29.9 Å². The molecule has 0 saturated carbocycles. The van der Waals surface area contributed by atoms with Crippen molar-refractivity contribution >= 4 is 0 Å². The molecule has 0 radical (unpaired) electrons. The number of ether oxygens (including phenoxy) is 2. The molecule has 6 atom stereocenters. The molecule has 1 aliphatic rings. The summed E-state index contributed by atoms with van der Waals surface area (Å²) in [5.74, 6) is 0.224. The van der Waals surface area contributed by atoms with E-state index in [2.05, 4.69) is 6.58 Å². The van der Waals surface area contributed by atoms with Crippen molar-refractivity contribution in [3.05, 3.63) is 12.7 Å². The average molecular weight is 332 g/mol. The van der Waals surface area contributed by atoms with Gasteiger partial charge in [-0.05, 0) is 25.2 Å². The van der Waals surface area contributed by atoms with E-state index in [-0.39, 0.29) is 12.0 Å². The zero-order chi connectivity index (χ0) is 17.4. The van der Waals surface area contributed by atoms with Crippen LogP contribution in [0.2, 0.25) is 0 Å². The van der Waals surface area contributed by atoms with Gasteiger partial charge in [-0.1, -0.05) is 32.8 Å². The number of aliphatic hydroxyl groups is 4. The van der Waals surface area contributed by atoms with Crippen LogP contribution in [0.3, 0.4) is 0 Å². The Labute approximate surface area is 138 Å². The van der Waals surface area contributed by atoms with Crippen molar-refractivity contribution in [3.8, 4) is 0 Å². The van der Waals surface area contributed by atoms with Gasteiger partial charge in [0.2, 0.25) is 0 Å². The largest absolute Gasteiger partial charge is 0.394 e. The van der Waals surface area contributed by atoms with Crippen LogP contribution < -0.4 is 0 Å². The fourth-order valence-electron chi connectivity index (χ4n) is 2.72. The third-order valence-electron chi connectivity index (χ3n) is 4.30. The summed E-state index contributed by atoms with van der Waals surface area (Å²) in [6.45, 7) is 7.31. The molecule has 0 unspecified atom stereocenters. The van der Waals surface area contributed by atoms with Gasteiger partial charge < -0.3 is 29.9 Å². The van der Waals surface area contributed by atoms with Gasteiger partial charge in [-0.3, -0.25) is 0 Å². The highest BCUT2D eigenvalue weighted by molar-refractivity contribution is 4.89. The maximum absolute atomic E-state index is 10.0. The van der Waals surface area contributed by atoms with Gasteiger partial charge >= 0.3 is 0 Å². The number of hydrogen-bond donors (Lipinski definition) is 4. The third-order valence-corrected chi connectivity index (χ3v) is 4.30. The van der Waals surface area contributed by atoms with Crippen LogP contribution in [0.15, 0.2) is 12.7 Å². The normalized spacial score (nSPS) is 32.9. The highest BCUT2D eigenvalue weighted by atomic mass is 16.7. The van der Waals surface area contributed by atoms with E-state index in [1.165, 1.54) is 0 Å². The van der Waals surface area contributed by atoms with Gasteiger partial charge in [0, 0.05) is 0 Å². The predicted molar refractivity (Wildman–Crippen MR) is 86.8 cm³/mol. The maximum atomic E-state index is 10.0. The summed E-state index contributed by atoms with van der Waals surface area (Å²) < 4.78 is 11.3. The first-order valence-electron chi connectivity index (χ1n) is 8.49. The SMILES string of the molecule is C=CCCCCC[C@@H](O[C@@H]1O[C@H](CO)[C@@H](O)[C@H](O)[C@H]1O)C(C)C. The summed E-state index contributed by atoms with van der Waals surface area (Å²) in [7, 11) is 0. The second kappa shape index (κ2) is 10.4. The molecule has 0 bridgehead atoms. The van der Waals surface area contributed by atoms with Gasteiger partial charge in [-0.15, -0.1) is 6.58 Å². The minimum atomic E-state index is -1.40. The van der Waals surface area contributed by atoms with E-state index in [9.17, 15) is 20.4 Å². The molecule has 0 spiro atoms. The topological polar surface area (TPSA) is 99.4 Å². The zero-order valence-corrected chi connectivity index (χ0v) is 14.2. The van der Waals surface area contributed by atoms with Crippen LogP contribution in [0, 0.1) is 5.92 Å². The molecule has 1 fully saturated rings. The molecule has 0 aliphatic carbocycles. The molecule has 0 aromatic heterocycles. The van der Waals surface area contributed by atoms with Gasteiger partial charge in [0.1, 0.15) is 24.4 Å². The fraction of sp³-hybridized carbons (Fsp3) is 0.882. The van der Waals surface area contributed by atoms with Gasteiger partial charge in [-0.25, -0.2) is 0 Å². The van der Waals surface area contributed by atoms with Crippen molar-refractivity contribution in [1.29, 1.82) is 0 Å². The van der Waals surface area contributed by atoms with Crippen LogP contribution in [-0.4, -0.2) is 63.8 Å². The number of rotatable bonds is 10. The quantitative estimate of drug-likeness (QED) is 0.351. The van der Waals surface area contributed by atoms with Crippen molar-refractivity contribution in [2.45, 2.75) is 82.8 Å². The number of hydrogen-bond acceptors (Lipinski definition) is 6. The summed E-state index contributed by atoms with van der Waals surface area (Å²) in [6, 6.07) is 0. The van der Waals surface area contributed by atoms with Crippen molar-refractivity contribution in [2.75, 3.05) is 6.61 Å². The van der Waals surface area contributed by atoms with Crippen molar-refractivity contribution in [3.63, 3.8) is 0 Å². The first-order chi connectivity index (χ1) is 10.9. The minimum absolute atomic E-state index is 0.125. The Bertz CT molecular complexity index is 333. The Morgan fingerprint density at radius 3 is 2.35 bits per heavy atom. The van der Waals surface area contributed by atoms with Crippen LogP contribution in [0.5, 0.6) is 0 Å². The summed E-state index contributed by atoms with van der Waals surface area (Å²) in [6.07, 6.45) is 0.696. The average Bonchev–Trinajstić information content (AvgIpc) is 2.53. The molecule has 6 nitrogen and oxygen atoms in total. The summed E-state index contributed by atoms with van der Waals surface area (Å²) >= 11 is 0. The van der Waals surface area contributed by atoms with E-state index in [1.807, 2.05) is 19.9 Å². The molecule has 1 heterocycles. The van der Waals surface area contributed by atoms with E-state index in [4.69, 9.17) is 9.47 Å². The summed E-state index contributed by atoms with van der Waals surface area (Å²) in [4.78, 5) is 0. The van der Waals surface area contributed by atoms with Crippen LogP contribution in [0.25, 0.3) is 0 Å². The minimum Gasteiger partial charge on any atom is -0.394 e. The standard InChI is InChI=1S/C17H32O6/c1-4-5-6-7-8-9-12(11(2)3)22-17-16(21)15(20)14(19)13(10-18)23-17/h4,11-21H,1,5-10H2,2-3H3/t12-,13-,14-,15+,16-,17-/m1/s1. The maximum Gasteiger partial charge on any atom is 0.186 e. The third kappa shape index (κ3) is 6.14. The van der Waals surface area contributed by atoms with Crippen LogP contribution in [0.4, 0.5) is 0 Å². The molecule has 1 rings (SSSR count). The molecule has 0 aromatic rings. The highest BCUT2D eigenvalue weighted by Crippen LogP contribution is 2.26. The molecular formula is C17H32O6. The highest BCUT2D eigenvalue weighted by Gasteiger charge is 2.44. The van der Waals surface area contributed by atoms with Gasteiger partial charge in [0.25, 0.3) is 0 Å². The van der Waals surface area contributed by atoms with Crippen LogP contribution in [0.1, 0.15) is 46.0 Å². The Hall–Kier alpha value is -0.500. The Morgan fingerprint density at radius 2 is 1.78 bits per heavy atom. The molecule has 0 amide bonds. The first kappa shape index (κ1) is 20.5. The molecular weight excluding hydrogens is 300 g/mol. The van der Waals surface area contributed by atoms with E-state index >= 15 is 0 Å². The van der Waals surface area contributed by atoms with E-state index in [0.717, 1.165) is 32.1 Å². The first-order valence-corrected chi connectivity index (χ1v) is 8.49.